The van der Waals surface area contributed by atoms with Gasteiger partial charge < -0.3 is 10.1 Å². The summed E-state index contributed by atoms with van der Waals surface area (Å²) < 4.78 is 1.07. The van der Waals surface area contributed by atoms with Crippen LogP contribution in [0.5, 0.6) is 0 Å². The summed E-state index contributed by atoms with van der Waals surface area (Å²) in [4.78, 5) is 24.8. The summed E-state index contributed by atoms with van der Waals surface area (Å²) >= 11 is 0. The number of nitrogens with zero attached hydrogens (tertiary/aromatic N) is 1. The summed E-state index contributed by atoms with van der Waals surface area (Å²) in [5.74, 6) is 0. The number of H-pyrrole nitrogens is 1. The van der Waals surface area contributed by atoms with E-state index in [1.807, 2.05) is 0 Å². The fourth-order valence-corrected chi connectivity index (χ4v) is 1.05. The van der Waals surface area contributed by atoms with E-state index in [0.717, 1.165) is 4.57 Å². The molecule has 2 N–H and O–H groups in total. The van der Waals surface area contributed by atoms with E-state index < -0.39 is 11.3 Å². The molecule has 0 unspecified atom stereocenters. The molecule has 0 fully saturated rings. The molecule has 0 saturated carbocycles. The van der Waals surface area contributed by atoms with Crippen molar-refractivity contribution in [1.82, 2.24) is 9.55 Å². The van der Waals surface area contributed by atoms with Crippen LogP contribution in [0.1, 0.15) is 20.3 Å². The van der Waals surface area contributed by atoms with Crippen LogP contribution in [0.25, 0.3) is 0 Å². The van der Waals surface area contributed by atoms with E-state index in [1.54, 1.807) is 13.8 Å². The Morgan fingerprint density at radius 3 is 2.64 bits per heavy atom. The first-order valence-electron chi connectivity index (χ1n) is 4.41. The maximum Gasteiger partial charge on any atom is 0.328 e. The lowest BCUT2D eigenvalue weighted by atomic mass is 10.1. The lowest BCUT2D eigenvalue weighted by molar-refractivity contribution is 0.0655. The lowest BCUT2D eigenvalue weighted by Crippen LogP contribution is -2.36. The van der Waals surface area contributed by atoms with Gasteiger partial charge in [0.2, 0.25) is 0 Å². The van der Waals surface area contributed by atoms with Gasteiger partial charge in [-0.1, -0.05) is 0 Å². The third-order valence-corrected chi connectivity index (χ3v) is 1.89. The van der Waals surface area contributed by atoms with Crippen LogP contribution in [0, 0.1) is 0 Å². The number of aromatic amines is 1. The van der Waals surface area contributed by atoms with E-state index in [2.05, 4.69) is 4.98 Å². The van der Waals surface area contributed by atoms with Gasteiger partial charge >= 0.3 is 5.69 Å². The second kappa shape index (κ2) is 3.79. The Morgan fingerprint density at radius 2 is 2.14 bits per heavy atom. The SMILES string of the molecule is CC(C)(O)CCn1c(=O)cc[nH]c1=O. The number of hydrogen-bond donors (Lipinski definition) is 2. The molecule has 0 aromatic carbocycles. The van der Waals surface area contributed by atoms with Crippen LogP contribution in [0.4, 0.5) is 0 Å². The molecule has 0 saturated heterocycles. The number of nitrogens with one attached hydrogen (secondary N) is 1. The zero-order valence-electron chi connectivity index (χ0n) is 8.28. The van der Waals surface area contributed by atoms with Gasteiger partial charge in [-0.15, -0.1) is 0 Å². The van der Waals surface area contributed by atoms with Crippen LogP contribution in [-0.4, -0.2) is 20.3 Å². The molecule has 0 aliphatic rings. The summed E-state index contributed by atoms with van der Waals surface area (Å²) in [7, 11) is 0. The molecule has 1 aromatic heterocycles. The maximum absolute atomic E-state index is 11.2. The standard InChI is InChI=1S/C9H14N2O3/c1-9(2,14)4-6-11-7(12)3-5-10-8(11)13/h3,5,14H,4,6H2,1-2H3,(H,10,13). The zero-order chi connectivity index (χ0) is 10.8. The van der Waals surface area contributed by atoms with Crippen molar-refractivity contribution in [3.8, 4) is 0 Å². The normalized spacial score (nSPS) is 11.6. The summed E-state index contributed by atoms with van der Waals surface area (Å²) in [5.41, 5.74) is -1.67. The summed E-state index contributed by atoms with van der Waals surface area (Å²) in [6.45, 7) is 3.49. The highest BCUT2D eigenvalue weighted by Gasteiger charge is 2.13. The Kier molecular flexibility index (Phi) is 2.90. The van der Waals surface area contributed by atoms with Crippen molar-refractivity contribution in [2.75, 3.05) is 0 Å². The van der Waals surface area contributed by atoms with E-state index in [9.17, 15) is 14.7 Å². The van der Waals surface area contributed by atoms with Gasteiger partial charge in [-0.25, -0.2) is 4.79 Å². The smallest absolute Gasteiger partial charge is 0.328 e. The predicted molar refractivity (Wildman–Crippen MR) is 52.2 cm³/mol. The van der Waals surface area contributed by atoms with E-state index in [4.69, 9.17) is 0 Å². The Hall–Kier alpha value is -1.36. The van der Waals surface area contributed by atoms with E-state index in [-0.39, 0.29) is 12.1 Å². The topological polar surface area (TPSA) is 75.1 Å². The molecule has 0 spiro atoms. The van der Waals surface area contributed by atoms with Crippen LogP contribution in [0.3, 0.4) is 0 Å². The van der Waals surface area contributed by atoms with E-state index in [0.29, 0.717) is 6.42 Å². The molecule has 0 amide bonds. The highest BCUT2D eigenvalue weighted by Crippen LogP contribution is 2.06. The van der Waals surface area contributed by atoms with Gasteiger partial charge in [-0.3, -0.25) is 9.36 Å². The fraction of sp³-hybridized carbons (Fsp3) is 0.556. The van der Waals surface area contributed by atoms with Crippen molar-refractivity contribution in [3.63, 3.8) is 0 Å². The van der Waals surface area contributed by atoms with Crippen molar-refractivity contribution in [2.45, 2.75) is 32.4 Å². The molecule has 0 atom stereocenters. The molecule has 5 nitrogen and oxygen atoms in total. The number of aromatic nitrogens is 2. The van der Waals surface area contributed by atoms with Crippen LogP contribution in [-0.2, 0) is 6.54 Å². The summed E-state index contributed by atoms with van der Waals surface area (Å²) in [6, 6.07) is 1.28. The average Bonchev–Trinajstić information content (AvgIpc) is 2.01. The monoisotopic (exact) mass is 198 g/mol. The number of rotatable bonds is 3. The highest BCUT2D eigenvalue weighted by molar-refractivity contribution is 4.83. The Labute approximate surface area is 81.0 Å². The second-order valence-corrected chi connectivity index (χ2v) is 3.84. The summed E-state index contributed by atoms with van der Waals surface area (Å²) in [6.07, 6.45) is 1.67. The fourth-order valence-electron chi connectivity index (χ4n) is 1.05. The Balaban J connectivity index is 2.88. The van der Waals surface area contributed by atoms with Crippen molar-refractivity contribution in [3.05, 3.63) is 33.1 Å². The lowest BCUT2D eigenvalue weighted by Gasteiger charge is -2.16. The van der Waals surface area contributed by atoms with Gasteiger partial charge in [0.15, 0.2) is 0 Å². The second-order valence-electron chi connectivity index (χ2n) is 3.84. The van der Waals surface area contributed by atoms with E-state index >= 15 is 0 Å². The van der Waals surface area contributed by atoms with Crippen molar-refractivity contribution in [2.24, 2.45) is 0 Å². The molecule has 1 rings (SSSR count). The van der Waals surface area contributed by atoms with Crippen LogP contribution in [0.2, 0.25) is 0 Å². The highest BCUT2D eigenvalue weighted by atomic mass is 16.3. The van der Waals surface area contributed by atoms with Crippen LogP contribution < -0.4 is 11.2 Å². The van der Waals surface area contributed by atoms with Crippen molar-refractivity contribution < 1.29 is 5.11 Å². The van der Waals surface area contributed by atoms with Crippen molar-refractivity contribution in [1.29, 1.82) is 0 Å². The van der Waals surface area contributed by atoms with Crippen LogP contribution in [0.15, 0.2) is 21.9 Å². The molecule has 0 bridgehead atoms. The first kappa shape index (κ1) is 10.7. The molecule has 0 aliphatic heterocycles. The molecule has 0 radical (unpaired) electrons. The molecule has 1 heterocycles. The molecule has 5 heteroatoms. The van der Waals surface area contributed by atoms with Gasteiger partial charge in [0, 0.05) is 18.8 Å². The predicted octanol–water partition coefficient (Wildman–Crippen LogP) is -0.302. The molecular formula is C9H14N2O3. The van der Waals surface area contributed by atoms with Gasteiger partial charge in [-0.2, -0.15) is 0 Å². The first-order valence-corrected chi connectivity index (χ1v) is 4.41. The zero-order valence-corrected chi connectivity index (χ0v) is 8.28. The van der Waals surface area contributed by atoms with Crippen LogP contribution >= 0.6 is 0 Å². The quantitative estimate of drug-likeness (QED) is 0.700. The molecular weight excluding hydrogens is 184 g/mol. The van der Waals surface area contributed by atoms with E-state index in [1.165, 1.54) is 12.3 Å². The summed E-state index contributed by atoms with van der Waals surface area (Å²) in [5, 5.41) is 9.43. The van der Waals surface area contributed by atoms with Gasteiger partial charge in [-0.05, 0) is 20.3 Å². The Bertz CT molecular complexity index is 383. The molecule has 14 heavy (non-hydrogen) atoms. The maximum atomic E-state index is 11.2. The minimum atomic E-state index is -0.873. The first-order chi connectivity index (χ1) is 6.40. The number of hydrogen-bond acceptors (Lipinski definition) is 3. The third-order valence-electron chi connectivity index (χ3n) is 1.89. The van der Waals surface area contributed by atoms with Gasteiger partial charge in [0.25, 0.3) is 5.56 Å². The average molecular weight is 198 g/mol. The van der Waals surface area contributed by atoms with Gasteiger partial charge in [0.05, 0.1) is 5.60 Å². The minimum absolute atomic E-state index is 0.221. The Morgan fingerprint density at radius 1 is 1.50 bits per heavy atom. The minimum Gasteiger partial charge on any atom is -0.390 e. The van der Waals surface area contributed by atoms with Crippen molar-refractivity contribution >= 4 is 0 Å². The number of aliphatic hydroxyl groups is 1. The molecule has 1 aromatic rings. The molecule has 0 aliphatic carbocycles. The largest absolute Gasteiger partial charge is 0.390 e. The van der Waals surface area contributed by atoms with Gasteiger partial charge in [0.1, 0.15) is 0 Å². The third kappa shape index (κ3) is 2.85. The molecule has 78 valence electrons.